The van der Waals surface area contributed by atoms with Crippen LogP contribution < -0.4 is 16.4 Å². The largest absolute Gasteiger partial charge is 0.447 e. The maximum Gasteiger partial charge on any atom is 0.408 e. The van der Waals surface area contributed by atoms with Gasteiger partial charge in [0.25, 0.3) is 0 Å². The van der Waals surface area contributed by atoms with Gasteiger partial charge in [0.05, 0.1) is 11.9 Å². The SMILES string of the molecule is CCCCSC(C)(C)[C@@H](NC(=O)OC(C)C)C(=O)N1CCC[C@H]1C(=O)NCC1CCC(C(=N)N)CC1. The molecule has 9 nitrogen and oxygen atoms in total. The Bertz CT molecular complexity index is 767. The molecule has 1 saturated heterocycles. The summed E-state index contributed by atoms with van der Waals surface area (Å²) in [6, 6.07) is -1.34. The number of unbranched alkanes of at least 4 members (excludes halogenated alkanes) is 1. The van der Waals surface area contributed by atoms with Gasteiger partial charge >= 0.3 is 6.09 Å². The predicted molar refractivity (Wildman–Crippen MR) is 145 cm³/mol. The monoisotopic (exact) mass is 525 g/mol. The first-order valence-corrected chi connectivity index (χ1v) is 14.5. The molecule has 2 aliphatic rings. The third-order valence-electron chi connectivity index (χ3n) is 7.21. The van der Waals surface area contributed by atoms with E-state index in [0.29, 0.717) is 25.4 Å². The minimum absolute atomic E-state index is 0.130. The van der Waals surface area contributed by atoms with Crippen LogP contribution in [0, 0.1) is 17.2 Å². The van der Waals surface area contributed by atoms with Gasteiger partial charge in [-0.25, -0.2) is 4.79 Å². The second kappa shape index (κ2) is 14.1. The number of carbonyl (C=O) groups is 3. The van der Waals surface area contributed by atoms with Crippen LogP contribution in [-0.2, 0) is 14.3 Å². The van der Waals surface area contributed by atoms with E-state index in [0.717, 1.165) is 50.7 Å². The van der Waals surface area contributed by atoms with Crippen molar-refractivity contribution < 1.29 is 19.1 Å². The Morgan fingerprint density at radius 2 is 1.83 bits per heavy atom. The Morgan fingerprint density at radius 3 is 2.42 bits per heavy atom. The van der Waals surface area contributed by atoms with Gasteiger partial charge in [-0.05, 0) is 84.3 Å². The van der Waals surface area contributed by atoms with E-state index in [1.54, 1.807) is 30.5 Å². The first-order valence-electron chi connectivity index (χ1n) is 13.5. The number of likely N-dealkylation sites (tertiary alicyclic amines) is 1. The number of nitrogens with one attached hydrogen (secondary N) is 3. The molecule has 0 unspecified atom stereocenters. The molecule has 36 heavy (non-hydrogen) atoms. The molecule has 2 fully saturated rings. The summed E-state index contributed by atoms with van der Waals surface area (Å²) >= 11 is 1.66. The number of hydrogen-bond donors (Lipinski definition) is 4. The molecule has 1 saturated carbocycles. The lowest BCUT2D eigenvalue weighted by molar-refractivity contribution is -0.140. The Hall–Kier alpha value is -1.97. The molecule has 5 N–H and O–H groups in total. The lowest BCUT2D eigenvalue weighted by Crippen LogP contribution is -2.60. The van der Waals surface area contributed by atoms with E-state index < -0.39 is 22.9 Å². The fourth-order valence-corrected chi connectivity index (χ4v) is 6.26. The average Bonchev–Trinajstić information content (AvgIpc) is 3.30. The fourth-order valence-electron chi connectivity index (χ4n) is 4.97. The number of hydrogen-bond acceptors (Lipinski definition) is 6. The molecule has 2 rings (SSSR count). The van der Waals surface area contributed by atoms with Crippen LogP contribution in [-0.4, -0.2) is 70.4 Å². The summed E-state index contributed by atoms with van der Waals surface area (Å²) in [7, 11) is 0. The molecule has 1 heterocycles. The summed E-state index contributed by atoms with van der Waals surface area (Å²) in [6.45, 7) is 10.7. The van der Waals surface area contributed by atoms with Crippen LogP contribution in [0.25, 0.3) is 0 Å². The molecule has 1 aliphatic heterocycles. The Labute approximate surface area is 220 Å². The van der Waals surface area contributed by atoms with Crippen molar-refractivity contribution in [3.63, 3.8) is 0 Å². The van der Waals surface area contributed by atoms with Crippen LogP contribution in [0.15, 0.2) is 0 Å². The first kappa shape index (κ1) is 30.3. The van der Waals surface area contributed by atoms with Gasteiger partial charge in [-0.15, -0.1) is 0 Å². The van der Waals surface area contributed by atoms with Crippen molar-refractivity contribution in [1.82, 2.24) is 15.5 Å². The van der Waals surface area contributed by atoms with Crippen LogP contribution in [0.1, 0.15) is 86.0 Å². The minimum Gasteiger partial charge on any atom is -0.447 e. The smallest absolute Gasteiger partial charge is 0.408 e. The maximum atomic E-state index is 13.8. The standard InChI is InChI=1S/C26H47N5O4S/c1-6-7-15-36-26(4,5)21(30-25(34)35-17(2)3)24(33)31-14-8-9-20(31)23(32)29-16-18-10-12-19(13-11-18)22(27)28/h17-21H,6-16H2,1-5H3,(H3,27,28)(H,29,32)(H,30,34)/t18?,19?,20-,21-/m0/s1. The fraction of sp³-hybridized carbons (Fsp3) is 0.846. The van der Waals surface area contributed by atoms with E-state index in [1.165, 1.54) is 0 Å². The summed E-state index contributed by atoms with van der Waals surface area (Å²) in [6.07, 6.45) is 6.16. The predicted octanol–water partition coefficient (Wildman–Crippen LogP) is 3.65. The maximum absolute atomic E-state index is 13.8. The second-order valence-electron chi connectivity index (χ2n) is 10.9. The van der Waals surface area contributed by atoms with Gasteiger partial charge in [0.2, 0.25) is 11.8 Å². The van der Waals surface area contributed by atoms with Gasteiger partial charge < -0.3 is 26.0 Å². The average molecular weight is 526 g/mol. The number of amides is 3. The molecule has 0 bridgehead atoms. The number of nitrogens with two attached hydrogens (primary N) is 1. The highest BCUT2D eigenvalue weighted by Crippen LogP contribution is 2.32. The highest BCUT2D eigenvalue weighted by atomic mass is 32.2. The van der Waals surface area contributed by atoms with Gasteiger partial charge in [-0.1, -0.05) is 13.3 Å². The van der Waals surface area contributed by atoms with Crippen molar-refractivity contribution in [1.29, 1.82) is 5.41 Å². The van der Waals surface area contributed by atoms with E-state index in [2.05, 4.69) is 17.6 Å². The van der Waals surface area contributed by atoms with E-state index in [1.807, 2.05) is 13.8 Å². The molecule has 1 aliphatic carbocycles. The summed E-state index contributed by atoms with van der Waals surface area (Å²) < 4.78 is 4.72. The third-order valence-corrected chi connectivity index (χ3v) is 8.68. The molecule has 0 spiro atoms. The van der Waals surface area contributed by atoms with Crippen molar-refractivity contribution in [2.45, 2.75) is 109 Å². The van der Waals surface area contributed by atoms with Gasteiger partial charge in [0.1, 0.15) is 12.1 Å². The van der Waals surface area contributed by atoms with E-state index >= 15 is 0 Å². The molecule has 10 heteroatoms. The summed E-state index contributed by atoms with van der Waals surface area (Å²) in [5.41, 5.74) is 5.64. The Kier molecular flexibility index (Phi) is 11.8. The van der Waals surface area contributed by atoms with Crippen LogP contribution >= 0.6 is 11.8 Å². The van der Waals surface area contributed by atoms with Gasteiger partial charge in [0, 0.05) is 23.8 Å². The lowest BCUT2D eigenvalue weighted by atomic mass is 9.81. The molecule has 2 atom stereocenters. The molecular weight excluding hydrogens is 478 g/mol. The normalized spacial score (nSPS) is 23.3. The quantitative estimate of drug-likeness (QED) is 0.174. The molecule has 0 aromatic rings. The Morgan fingerprint density at radius 1 is 1.17 bits per heavy atom. The number of rotatable bonds is 12. The first-order chi connectivity index (χ1) is 17.0. The zero-order valence-electron chi connectivity index (χ0n) is 22.7. The van der Waals surface area contributed by atoms with E-state index in [-0.39, 0.29) is 29.7 Å². The second-order valence-corrected chi connectivity index (χ2v) is 12.7. The van der Waals surface area contributed by atoms with E-state index in [9.17, 15) is 14.4 Å². The summed E-state index contributed by atoms with van der Waals surface area (Å²) in [5, 5.41) is 13.5. The van der Waals surface area contributed by atoms with Crippen LogP contribution in [0.4, 0.5) is 4.79 Å². The number of alkyl carbamates (subject to hydrolysis) is 1. The number of ether oxygens (including phenoxy) is 1. The van der Waals surface area contributed by atoms with E-state index in [4.69, 9.17) is 15.9 Å². The number of amidine groups is 1. The van der Waals surface area contributed by atoms with Gasteiger partial charge in [-0.2, -0.15) is 11.8 Å². The van der Waals surface area contributed by atoms with Crippen LogP contribution in [0.5, 0.6) is 0 Å². The van der Waals surface area contributed by atoms with Gasteiger partial charge in [0.15, 0.2) is 0 Å². The zero-order chi connectivity index (χ0) is 26.9. The third kappa shape index (κ3) is 8.85. The topological polar surface area (TPSA) is 138 Å². The molecule has 0 radical (unpaired) electrons. The van der Waals surface area contributed by atoms with Crippen molar-refractivity contribution >= 4 is 35.5 Å². The molecule has 206 valence electrons. The van der Waals surface area contributed by atoms with Gasteiger partial charge in [-0.3, -0.25) is 15.0 Å². The van der Waals surface area contributed by atoms with Crippen molar-refractivity contribution in [2.24, 2.45) is 17.6 Å². The summed E-state index contributed by atoms with van der Waals surface area (Å²) in [4.78, 5) is 41.1. The Balaban J connectivity index is 2.05. The highest BCUT2D eigenvalue weighted by molar-refractivity contribution is 8.00. The van der Waals surface area contributed by atoms with Crippen molar-refractivity contribution in [3.05, 3.63) is 0 Å². The summed E-state index contributed by atoms with van der Waals surface area (Å²) in [5.74, 6) is 1.30. The molecule has 3 amide bonds. The number of nitrogens with zero attached hydrogens (tertiary/aromatic N) is 1. The highest BCUT2D eigenvalue weighted by Gasteiger charge is 2.44. The minimum atomic E-state index is -0.805. The number of carbonyl (C=O) groups excluding carboxylic acids is 3. The zero-order valence-corrected chi connectivity index (χ0v) is 23.5. The lowest BCUT2D eigenvalue weighted by Gasteiger charge is -2.37. The molecule has 0 aromatic carbocycles. The van der Waals surface area contributed by atoms with Crippen LogP contribution in [0.2, 0.25) is 0 Å². The molecule has 0 aromatic heterocycles. The van der Waals surface area contributed by atoms with Crippen LogP contribution in [0.3, 0.4) is 0 Å². The van der Waals surface area contributed by atoms with Crippen molar-refractivity contribution in [2.75, 3.05) is 18.8 Å². The molecular formula is C26H47N5O4S. The van der Waals surface area contributed by atoms with Crippen molar-refractivity contribution in [3.8, 4) is 0 Å². The number of thioether (sulfide) groups is 1.